The highest BCUT2D eigenvalue weighted by atomic mass is 16.5. The first-order chi connectivity index (χ1) is 15.2. The Balaban J connectivity index is 1.50. The second kappa shape index (κ2) is 8.22. The molecule has 8 nitrogen and oxygen atoms in total. The van der Waals surface area contributed by atoms with Gasteiger partial charge in [0.15, 0.2) is 5.82 Å². The van der Waals surface area contributed by atoms with E-state index in [2.05, 4.69) is 39.3 Å². The van der Waals surface area contributed by atoms with Crippen LogP contribution in [0.1, 0.15) is 43.5 Å². The first kappa shape index (κ1) is 19.3. The number of nitrogens with one attached hydrogen (secondary N) is 1. The zero-order valence-corrected chi connectivity index (χ0v) is 17.5. The minimum absolute atomic E-state index is 0.178. The van der Waals surface area contributed by atoms with Crippen molar-refractivity contribution in [3.63, 3.8) is 0 Å². The van der Waals surface area contributed by atoms with Crippen LogP contribution in [0.4, 0.5) is 5.82 Å². The Labute approximate surface area is 180 Å². The predicted molar refractivity (Wildman–Crippen MR) is 116 cm³/mol. The van der Waals surface area contributed by atoms with E-state index in [-0.39, 0.29) is 12.0 Å². The van der Waals surface area contributed by atoms with Crippen molar-refractivity contribution >= 4 is 5.82 Å². The molecule has 156 valence electrons. The average Bonchev–Trinajstić information content (AvgIpc) is 3.48. The number of rotatable bonds is 6. The number of hydrogen-bond donors (Lipinski definition) is 1. The van der Waals surface area contributed by atoms with Gasteiger partial charge in [0.25, 0.3) is 0 Å². The number of pyridine rings is 2. The molecular formula is C23H23N7O. The number of nitrogens with zero attached hydrogens (tertiary/aromatic N) is 6. The number of fused-ring (bicyclic) bond motifs is 1. The highest BCUT2D eigenvalue weighted by Crippen LogP contribution is 2.33. The van der Waals surface area contributed by atoms with Gasteiger partial charge in [-0.15, -0.1) is 0 Å². The van der Waals surface area contributed by atoms with Gasteiger partial charge in [-0.1, -0.05) is 19.0 Å². The fourth-order valence-corrected chi connectivity index (χ4v) is 3.82. The summed E-state index contributed by atoms with van der Waals surface area (Å²) in [6.45, 7) is 4.24. The van der Waals surface area contributed by atoms with Crippen molar-refractivity contribution in [2.24, 2.45) is 5.92 Å². The summed E-state index contributed by atoms with van der Waals surface area (Å²) < 4.78 is 5.65. The summed E-state index contributed by atoms with van der Waals surface area (Å²) in [6, 6.07) is 7.45. The molecule has 0 spiro atoms. The second-order valence-electron chi connectivity index (χ2n) is 7.97. The molecule has 1 atom stereocenters. The minimum Gasteiger partial charge on any atom is -0.358 e. The molecule has 0 aliphatic heterocycles. The zero-order chi connectivity index (χ0) is 21.2. The molecule has 4 aromatic rings. The van der Waals surface area contributed by atoms with E-state index in [1.165, 1.54) is 5.56 Å². The van der Waals surface area contributed by atoms with Crippen LogP contribution >= 0.6 is 0 Å². The largest absolute Gasteiger partial charge is 0.358 e. The molecule has 0 saturated heterocycles. The Morgan fingerprint density at radius 3 is 2.55 bits per heavy atom. The summed E-state index contributed by atoms with van der Waals surface area (Å²) in [4.78, 5) is 22.6. The topological polar surface area (TPSA) is 103 Å². The van der Waals surface area contributed by atoms with Crippen LogP contribution in [-0.2, 0) is 12.8 Å². The van der Waals surface area contributed by atoms with Gasteiger partial charge in [0.05, 0.1) is 0 Å². The number of anilines is 1. The van der Waals surface area contributed by atoms with Crippen LogP contribution in [0.15, 0.2) is 53.6 Å². The lowest BCUT2D eigenvalue weighted by Crippen LogP contribution is -2.19. The van der Waals surface area contributed by atoms with Crippen molar-refractivity contribution < 1.29 is 4.52 Å². The molecule has 4 heterocycles. The molecule has 0 aromatic carbocycles. The van der Waals surface area contributed by atoms with E-state index < -0.39 is 0 Å². The molecule has 0 fully saturated rings. The molecule has 0 radical (unpaired) electrons. The average molecular weight is 413 g/mol. The van der Waals surface area contributed by atoms with Crippen molar-refractivity contribution in [2.75, 3.05) is 5.32 Å². The van der Waals surface area contributed by atoms with Crippen LogP contribution < -0.4 is 5.32 Å². The van der Waals surface area contributed by atoms with E-state index in [9.17, 15) is 0 Å². The number of aromatic nitrogens is 6. The Morgan fingerprint density at radius 1 is 0.903 bits per heavy atom. The summed E-state index contributed by atoms with van der Waals surface area (Å²) in [6.07, 6.45) is 9.97. The molecule has 1 aliphatic carbocycles. The maximum absolute atomic E-state index is 5.65. The third-order valence-electron chi connectivity index (χ3n) is 5.46. The third kappa shape index (κ3) is 3.88. The van der Waals surface area contributed by atoms with Crippen LogP contribution in [0, 0.1) is 5.92 Å². The van der Waals surface area contributed by atoms with Crippen LogP contribution in [0.3, 0.4) is 0 Å². The molecule has 31 heavy (non-hydrogen) atoms. The molecule has 4 aromatic heterocycles. The summed E-state index contributed by atoms with van der Waals surface area (Å²) >= 11 is 0. The number of aryl methyl sites for hydroxylation is 1. The maximum atomic E-state index is 5.65. The lowest BCUT2D eigenvalue weighted by Gasteiger charge is -2.21. The van der Waals surface area contributed by atoms with Crippen molar-refractivity contribution in [1.82, 2.24) is 30.1 Å². The fraction of sp³-hybridized carbons (Fsp3) is 0.304. The lowest BCUT2D eigenvalue weighted by atomic mass is 10.0. The van der Waals surface area contributed by atoms with Crippen LogP contribution in [-0.4, -0.2) is 30.1 Å². The third-order valence-corrected chi connectivity index (χ3v) is 5.46. The molecule has 0 amide bonds. The van der Waals surface area contributed by atoms with Gasteiger partial charge in [0.2, 0.25) is 11.7 Å². The number of hydrogen-bond acceptors (Lipinski definition) is 8. The second-order valence-corrected chi connectivity index (χ2v) is 7.97. The van der Waals surface area contributed by atoms with Crippen molar-refractivity contribution in [3.8, 4) is 22.8 Å². The molecule has 8 heteroatoms. The van der Waals surface area contributed by atoms with Crippen LogP contribution in [0.25, 0.3) is 22.8 Å². The fourth-order valence-electron chi connectivity index (χ4n) is 3.82. The normalized spacial score (nSPS) is 13.9. The molecular weight excluding hydrogens is 390 g/mol. The standard InChI is InChI=1S/C23H23N7O/c1-14(2)19(23-29-21(30-31-23)16-5-4-10-25-13-16)27-22-17-6-3-7-18(17)26-20(28-22)15-8-11-24-12-9-15/h4-5,8-14,19H,3,6-7H2,1-2H3,(H,26,27,28). The maximum Gasteiger partial charge on any atom is 0.249 e. The predicted octanol–water partition coefficient (Wildman–Crippen LogP) is 4.28. The minimum atomic E-state index is -0.178. The van der Waals surface area contributed by atoms with Gasteiger partial charge in [0.1, 0.15) is 11.9 Å². The van der Waals surface area contributed by atoms with Gasteiger partial charge in [-0.05, 0) is 49.4 Å². The molecule has 5 rings (SSSR count). The van der Waals surface area contributed by atoms with E-state index in [0.29, 0.717) is 17.5 Å². The van der Waals surface area contributed by atoms with Gasteiger partial charge in [-0.2, -0.15) is 4.98 Å². The van der Waals surface area contributed by atoms with E-state index >= 15 is 0 Å². The van der Waals surface area contributed by atoms with Crippen molar-refractivity contribution in [3.05, 3.63) is 66.2 Å². The van der Waals surface area contributed by atoms with Gasteiger partial charge >= 0.3 is 0 Å². The first-order valence-corrected chi connectivity index (χ1v) is 10.5. The Bertz CT molecular complexity index is 1180. The quantitative estimate of drug-likeness (QED) is 0.500. The van der Waals surface area contributed by atoms with Gasteiger partial charge in [-0.3, -0.25) is 9.97 Å². The Kier molecular flexibility index (Phi) is 5.11. The molecule has 1 aliphatic rings. The summed E-state index contributed by atoms with van der Waals surface area (Å²) in [5.41, 5.74) is 4.05. The molecule has 1 N–H and O–H groups in total. The zero-order valence-electron chi connectivity index (χ0n) is 17.5. The van der Waals surface area contributed by atoms with Crippen molar-refractivity contribution in [1.29, 1.82) is 0 Å². The Morgan fingerprint density at radius 2 is 1.77 bits per heavy atom. The van der Waals surface area contributed by atoms with Gasteiger partial charge in [-0.25, -0.2) is 9.97 Å². The van der Waals surface area contributed by atoms with E-state index in [0.717, 1.165) is 41.9 Å². The van der Waals surface area contributed by atoms with Crippen LogP contribution in [0.5, 0.6) is 0 Å². The first-order valence-electron chi connectivity index (χ1n) is 10.5. The highest BCUT2D eigenvalue weighted by molar-refractivity contribution is 5.60. The van der Waals surface area contributed by atoms with Crippen LogP contribution in [0.2, 0.25) is 0 Å². The summed E-state index contributed by atoms with van der Waals surface area (Å²) in [5, 5.41) is 7.75. The summed E-state index contributed by atoms with van der Waals surface area (Å²) in [7, 11) is 0. The Hall–Kier alpha value is -3.68. The SMILES string of the molecule is CC(C)C(Nc1nc(-c2ccncc2)nc2c1CCC2)c1nc(-c2cccnc2)no1. The molecule has 0 bridgehead atoms. The monoisotopic (exact) mass is 413 g/mol. The molecule has 1 unspecified atom stereocenters. The highest BCUT2D eigenvalue weighted by Gasteiger charge is 2.27. The van der Waals surface area contributed by atoms with E-state index in [1.807, 2.05) is 24.3 Å². The van der Waals surface area contributed by atoms with Gasteiger partial charge < -0.3 is 9.84 Å². The van der Waals surface area contributed by atoms with E-state index in [4.69, 9.17) is 14.5 Å². The lowest BCUT2D eigenvalue weighted by molar-refractivity contribution is 0.335. The smallest absolute Gasteiger partial charge is 0.249 e. The van der Waals surface area contributed by atoms with Gasteiger partial charge in [0, 0.05) is 47.2 Å². The molecule has 0 saturated carbocycles. The summed E-state index contributed by atoms with van der Waals surface area (Å²) in [5.74, 6) is 2.81. The van der Waals surface area contributed by atoms with E-state index in [1.54, 1.807) is 24.8 Å². The van der Waals surface area contributed by atoms with Crippen molar-refractivity contribution in [2.45, 2.75) is 39.2 Å².